The number of nitrogens with one attached hydrogen (secondary N) is 1. The molecular formula is C14H13N3O. The standard InChI is InChI=1S/C14H13N3O/c1-16-11-4-2-3-9(7-11)14-17-12-6-5-10(15)8-13(12)18-14/h2-8,16H,15H2,1H3. The van der Waals surface area contributed by atoms with E-state index in [4.69, 9.17) is 10.2 Å². The summed E-state index contributed by atoms with van der Waals surface area (Å²) in [5.74, 6) is 0.604. The minimum Gasteiger partial charge on any atom is -0.436 e. The van der Waals surface area contributed by atoms with Crippen LogP contribution in [0.5, 0.6) is 0 Å². The molecule has 0 amide bonds. The van der Waals surface area contributed by atoms with E-state index in [1.165, 1.54) is 0 Å². The van der Waals surface area contributed by atoms with E-state index in [0.717, 1.165) is 16.8 Å². The van der Waals surface area contributed by atoms with Gasteiger partial charge < -0.3 is 15.5 Å². The molecule has 0 fully saturated rings. The van der Waals surface area contributed by atoms with Crippen LogP contribution in [-0.2, 0) is 0 Å². The first-order valence-corrected chi connectivity index (χ1v) is 5.70. The van der Waals surface area contributed by atoms with E-state index in [9.17, 15) is 0 Å². The molecule has 0 atom stereocenters. The number of hydrogen-bond acceptors (Lipinski definition) is 4. The number of nitrogen functional groups attached to an aromatic ring is 1. The van der Waals surface area contributed by atoms with Crippen LogP contribution in [0.1, 0.15) is 0 Å². The molecule has 0 saturated heterocycles. The van der Waals surface area contributed by atoms with Crippen LogP contribution in [0.3, 0.4) is 0 Å². The number of nitrogens with two attached hydrogens (primary N) is 1. The third kappa shape index (κ3) is 1.78. The normalized spacial score (nSPS) is 10.7. The number of rotatable bonds is 2. The zero-order valence-corrected chi connectivity index (χ0v) is 9.97. The van der Waals surface area contributed by atoms with Gasteiger partial charge in [-0.3, -0.25) is 0 Å². The molecule has 0 radical (unpaired) electrons. The third-order valence-corrected chi connectivity index (χ3v) is 2.81. The van der Waals surface area contributed by atoms with E-state index in [0.29, 0.717) is 17.2 Å². The third-order valence-electron chi connectivity index (χ3n) is 2.81. The molecule has 0 aliphatic heterocycles. The minimum absolute atomic E-state index is 0.604. The predicted molar refractivity (Wildman–Crippen MR) is 73.4 cm³/mol. The maximum atomic E-state index is 5.72. The van der Waals surface area contributed by atoms with Gasteiger partial charge in [-0.2, -0.15) is 0 Å². The number of oxazole rings is 1. The number of anilines is 2. The van der Waals surface area contributed by atoms with Crippen molar-refractivity contribution in [2.24, 2.45) is 0 Å². The van der Waals surface area contributed by atoms with E-state index >= 15 is 0 Å². The number of benzene rings is 2. The zero-order valence-electron chi connectivity index (χ0n) is 9.97. The van der Waals surface area contributed by atoms with E-state index in [1.807, 2.05) is 43.4 Å². The number of fused-ring (bicyclic) bond motifs is 1. The monoisotopic (exact) mass is 239 g/mol. The molecule has 3 N–H and O–H groups in total. The predicted octanol–water partition coefficient (Wildman–Crippen LogP) is 3.12. The van der Waals surface area contributed by atoms with Crippen molar-refractivity contribution in [3.63, 3.8) is 0 Å². The minimum atomic E-state index is 0.604. The molecule has 4 heteroatoms. The Balaban J connectivity index is 2.13. The molecule has 0 spiro atoms. The van der Waals surface area contributed by atoms with Gasteiger partial charge in [0, 0.05) is 30.1 Å². The Morgan fingerprint density at radius 1 is 1.17 bits per heavy atom. The summed E-state index contributed by atoms with van der Waals surface area (Å²) in [6.07, 6.45) is 0. The molecule has 0 aliphatic rings. The van der Waals surface area contributed by atoms with Crippen LogP contribution in [0.2, 0.25) is 0 Å². The van der Waals surface area contributed by atoms with Crippen molar-refractivity contribution in [2.45, 2.75) is 0 Å². The largest absolute Gasteiger partial charge is 0.436 e. The van der Waals surface area contributed by atoms with E-state index < -0.39 is 0 Å². The average Bonchev–Trinajstić information content (AvgIpc) is 2.81. The summed E-state index contributed by atoms with van der Waals surface area (Å²) in [5.41, 5.74) is 9.88. The van der Waals surface area contributed by atoms with Gasteiger partial charge in [-0.15, -0.1) is 0 Å². The fraction of sp³-hybridized carbons (Fsp3) is 0.0714. The van der Waals surface area contributed by atoms with E-state index in [-0.39, 0.29) is 0 Å². The smallest absolute Gasteiger partial charge is 0.227 e. The molecule has 1 aromatic heterocycles. The van der Waals surface area contributed by atoms with Gasteiger partial charge in [0.05, 0.1) is 0 Å². The molecule has 0 bridgehead atoms. The second kappa shape index (κ2) is 4.07. The number of hydrogen-bond donors (Lipinski definition) is 2. The lowest BCUT2D eigenvalue weighted by molar-refractivity contribution is 0.620. The first-order valence-electron chi connectivity index (χ1n) is 5.70. The summed E-state index contributed by atoms with van der Waals surface area (Å²) in [6, 6.07) is 13.4. The molecule has 3 aromatic rings. The summed E-state index contributed by atoms with van der Waals surface area (Å²) in [7, 11) is 1.88. The summed E-state index contributed by atoms with van der Waals surface area (Å²) in [4.78, 5) is 4.45. The van der Waals surface area contributed by atoms with E-state index in [1.54, 1.807) is 6.07 Å². The van der Waals surface area contributed by atoms with Crippen LogP contribution in [0.4, 0.5) is 11.4 Å². The molecule has 4 nitrogen and oxygen atoms in total. The highest BCUT2D eigenvalue weighted by Crippen LogP contribution is 2.26. The maximum Gasteiger partial charge on any atom is 0.227 e. The summed E-state index contributed by atoms with van der Waals surface area (Å²) in [5, 5.41) is 3.09. The summed E-state index contributed by atoms with van der Waals surface area (Å²) >= 11 is 0. The molecular weight excluding hydrogens is 226 g/mol. The second-order valence-electron chi connectivity index (χ2n) is 4.08. The lowest BCUT2D eigenvalue weighted by atomic mass is 10.2. The fourth-order valence-electron chi connectivity index (χ4n) is 1.87. The van der Waals surface area contributed by atoms with Crippen LogP contribution in [0.25, 0.3) is 22.6 Å². The highest BCUT2D eigenvalue weighted by molar-refractivity contribution is 5.79. The lowest BCUT2D eigenvalue weighted by Crippen LogP contribution is -1.87. The topological polar surface area (TPSA) is 64.1 Å². The first kappa shape index (κ1) is 10.7. The fourth-order valence-corrected chi connectivity index (χ4v) is 1.87. The SMILES string of the molecule is CNc1cccc(-c2nc3ccc(N)cc3o2)c1. The Bertz CT molecular complexity index is 703. The molecule has 0 unspecified atom stereocenters. The van der Waals surface area contributed by atoms with Crippen molar-refractivity contribution in [1.82, 2.24) is 4.98 Å². The Kier molecular flexibility index (Phi) is 2.41. The van der Waals surface area contributed by atoms with Crippen molar-refractivity contribution < 1.29 is 4.42 Å². The Hall–Kier alpha value is -2.49. The molecule has 0 aliphatic carbocycles. The number of aromatic nitrogens is 1. The van der Waals surface area contributed by atoms with Gasteiger partial charge in [0.1, 0.15) is 5.52 Å². The van der Waals surface area contributed by atoms with Gasteiger partial charge in [-0.25, -0.2) is 4.98 Å². The molecule has 18 heavy (non-hydrogen) atoms. The van der Waals surface area contributed by atoms with Crippen LogP contribution in [-0.4, -0.2) is 12.0 Å². The van der Waals surface area contributed by atoms with Crippen molar-refractivity contribution in [2.75, 3.05) is 18.1 Å². The second-order valence-corrected chi connectivity index (χ2v) is 4.08. The van der Waals surface area contributed by atoms with Gasteiger partial charge in [-0.05, 0) is 30.3 Å². The lowest BCUT2D eigenvalue weighted by Gasteiger charge is -2.00. The molecule has 2 aromatic carbocycles. The van der Waals surface area contributed by atoms with Crippen LogP contribution < -0.4 is 11.1 Å². The molecule has 1 heterocycles. The van der Waals surface area contributed by atoms with Gasteiger partial charge >= 0.3 is 0 Å². The van der Waals surface area contributed by atoms with Gasteiger partial charge in [0.2, 0.25) is 5.89 Å². The van der Waals surface area contributed by atoms with Crippen LogP contribution in [0, 0.1) is 0 Å². The van der Waals surface area contributed by atoms with Gasteiger partial charge in [-0.1, -0.05) is 6.07 Å². The van der Waals surface area contributed by atoms with Crippen molar-refractivity contribution in [1.29, 1.82) is 0 Å². The zero-order chi connectivity index (χ0) is 12.5. The summed E-state index contributed by atoms with van der Waals surface area (Å²) in [6.45, 7) is 0. The first-order chi connectivity index (χ1) is 8.76. The average molecular weight is 239 g/mol. The van der Waals surface area contributed by atoms with Crippen molar-refractivity contribution >= 4 is 22.5 Å². The quantitative estimate of drug-likeness (QED) is 0.674. The van der Waals surface area contributed by atoms with Gasteiger partial charge in [0.25, 0.3) is 0 Å². The Morgan fingerprint density at radius 3 is 2.89 bits per heavy atom. The molecule has 90 valence electrons. The number of nitrogens with zero attached hydrogens (tertiary/aromatic N) is 1. The van der Waals surface area contributed by atoms with Crippen LogP contribution >= 0.6 is 0 Å². The van der Waals surface area contributed by atoms with E-state index in [2.05, 4.69) is 10.3 Å². The van der Waals surface area contributed by atoms with Gasteiger partial charge in [0.15, 0.2) is 5.58 Å². The highest BCUT2D eigenvalue weighted by Gasteiger charge is 2.08. The Morgan fingerprint density at radius 2 is 2.06 bits per heavy atom. The highest BCUT2D eigenvalue weighted by atomic mass is 16.3. The van der Waals surface area contributed by atoms with Crippen molar-refractivity contribution in [3.8, 4) is 11.5 Å². The van der Waals surface area contributed by atoms with Crippen molar-refractivity contribution in [3.05, 3.63) is 42.5 Å². The Labute approximate surface area is 104 Å². The maximum absolute atomic E-state index is 5.72. The van der Waals surface area contributed by atoms with Crippen LogP contribution in [0.15, 0.2) is 46.9 Å². The molecule has 3 rings (SSSR count). The molecule has 0 saturated carbocycles. The summed E-state index contributed by atoms with van der Waals surface area (Å²) < 4.78 is 5.72.